The summed E-state index contributed by atoms with van der Waals surface area (Å²) in [6.07, 6.45) is 1.11. The van der Waals surface area contributed by atoms with Crippen LogP contribution >= 0.6 is 0 Å². The van der Waals surface area contributed by atoms with E-state index in [1.165, 1.54) is 0 Å². The second-order valence-corrected chi connectivity index (χ2v) is 3.13. The van der Waals surface area contributed by atoms with E-state index in [1.54, 1.807) is 7.11 Å². The highest BCUT2D eigenvalue weighted by molar-refractivity contribution is 4.78. The van der Waals surface area contributed by atoms with Crippen LogP contribution < -0.4 is 5.73 Å². The molecular formula is C8H17NO3. The minimum absolute atomic E-state index is 0.104. The molecule has 12 heavy (non-hydrogen) atoms. The molecule has 1 fully saturated rings. The Hall–Kier alpha value is -0.160. The molecule has 1 aliphatic rings. The Morgan fingerprint density at radius 3 is 2.92 bits per heavy atom. The highest BCUT2D eigenvalue weighted by Crippen LogP contribution is 2.18. The molecule has 1 unspecified atom stereocenters. The second-order valence-electron chi connectivity index (χ2n) is 3.13. The third-order valence-corrected chi connectivity index (χ3v) is 2.17. The lowest BCUT2D eigenvalue weighted by Crippen LogP contribution is -2.44. The van der Waals surface area contributed by atoms with Gasteiger partial charge in [-0.3, -0.25) is 0 Å². The lowest BCUT2D eigenvalue weighted by atomic mass is 10.0. The van der Waals surface area contributed by atoms with Gasteiger partial charge in [-0.2, -0.15) is 0 Å². The quantitative estimate of drug-likeness (QED) is 0.607. The predicted octanol–water partition coefficient (Wildman–Crippen LogP) is -0.500. The zero-order valence-electron chi connectivity index (χ0n) is 7.40. The van der Waals surface area contributed by atoms with Crippen LogP contribution in [0.5, 0.6) is 0 Å². The van der Waals surface area contributed by atoms with Crippen LogP contribution in [0.2, 0.25) is 0 Å². The lowest BCUT2D eigenvalue weighted by molar-refractivity contribution is -0.129. The van der Waals surface area contributed by atoms with Gasteiger partial charge in [0.1, 0.15) is 0 Å². The normalized spacial score (nSPS) is 36.8. The number of rotatable bonds is 3. The van der Waals surface area contributed by atoms with Crippen molar-refractivity contribution < 1.29 is 14.6 Å². The molecule has 0 radical (unpaired) electrons. The molecule has 1 heterocycles. The molecule has 1 aliphatic heterocycles. The van der Waals surface area contributed by atoms with Crippen LogP contribution in [0.15, 0.2) is 0 Å². The molecule has 0 aromatic carbocycles. The Morgan fingerprint density at radius 2 is 2.33 bits per heavy atom. The minimum atomic E-state index is -0.400. The Bertz CT molecular complexity index is 131. The summed E-state index contributed by atoms with van der Waals surface area (Å²) in [6, 6.07) is 0. The van der Waals surface area contributed by atoms with Gasteiger partial charge in [-0.25, -0.2) is 0 Å². The van der Waals surface area contributed by atoms with E-state index in [0.29, 0.717) is 13.2 Å². The van der Waals surface area contributed by atoms with Crippen molar-refractivity contribution in [3.05, 3.63) is 0 Å². The first-order valence-corrected chi connectivity index (χ1v) is 4.30. The van der Waals surface area contributed by atoms with Gasteiger partial charge in [0.05, 0.1) is 24.9 Å². The summed E-state index contributed by atoms with van der Waals surface area (Å²) in [5.74, 6) is 0. The van der Waals surface area contributed by atoms with E-state index in [4.69, 9.17) is 15.2 Å². The molecule has 0 saturated carbocycles. The highest BCUT2D eigenvalue weighted by atomic mass is 16.5. The van der Waals surface area contributed by atoms with Gasteiger partial charge < -0.3 is 20.3 Å². The topological polar surface area (TPSA) is 64.7 Å². The van der Waals surface area contributed by atoms with Crippen molar-refractivity contribution in [3.8, 4) is 0 Å². The summed E-state index contributed by atoms with van der Waals surface area (Å²) in [5.41, 5.74) is 5.43. The van der Waals surface area contributed by atoms with Crippen molar-refractivity contribution in [2.75, 3.05) is 20.3 Å². The van der Waals surface area contributed by atoms with Crippen LogP contribution in [0.4, 0.5) is 0 Å². The van der Waals surface area contributed by atoms with E-state index in [2.05, 4.69) is 0 Å². The average Bonchev–Trinajstić information content (AvgIpc) is 2.09. The molecule has 1 saturated heterocycles. The Morgan fingerprint density at radius 1 is 1.58 bits per heavy atom. The van der Waals surface area contributed by atoms with Crippen LogP contribution in [0.25, 0.3) is 0 Å². The number of aliphatic hydroxyl groups is 1. The zero-order valence-corrected chi connectivity index (χ0v) is 7.40. The van der Waals surface area contributed by atoms with Crippen LogP contribution in [-0.4, -0.2) is 43.7 Å². The number of nitrogens with two attached hydrogens (primary N) is 1. The number of aliphatic hydroxyl groups excluding tert-OH is 1. The first-order chi connectivity index (χ1) is 5.77. The monoisotopic (exact) mass is 175 g/mol. The summed E-state index contributed by atoms with van der Waals surface area (Å²) in [4.78, 5) is 0. The molecule has 4 nitrogen and oxygen atoms in total. The third kappa shape index (κ3) is 2.42. The molecule has 3 N–H and O–H groups in total. The fourth-order valence-electron chi connectivity index (χ4n) is 1.47. The maximum atomic E-state index is 9.41. The molecule has 0 amide bonds. The summed E-state index contributed by atoms with van der Waals surface area (Å²) in [6.45, 7) is 0.963. The van der Waals surface area contributed by atoms with Gasteiger partial charge >= 0.3 is 0 Å². The Labute approximate surface area is 72.6 Å². The van der Waals surface area contributed by atoms with Gasteiger partial charge in [-0.1, -0.05) is 0 Å². The molecule has 3 atom stereocenters. The van der Waals surface area contributed by atoms with Crippen molar-refractivity contribution >= 4 is 0 Å². The van der Waals surface area contributed by atoms with E-state index < -0.39 is 6.10 Å². The molecule has 0 aromatic rings. The van der Waals surface area contributed by atoms with E-state index in [-0.39, 0.29) is 12.2 Å². The van der Waals surface area contributed by atoms with Crippen molar-refractivity contribution in [2.45, 2.75) is 31.2 Å². The predicted molar refractivity (Wildman–Crippen MR) is 44.8 cm³/mol. The van der Waals surface area contributed by atoms with Crippen molar-refractivity contribution in [2.24, 2.45) is 5.73 Å². The largest absolute Gasteiger partial charge is 0.390 e. The van der Waals surface area contributed by atoms with Gasteiger partial charge in [0, 0.05) is 13.7 Å². The van der Waals surface area contributed by atoms with Crippen LogP contribution in [0.1, 0.15) is 12.8 Å². The van der Waals surface area contributed by atoms with Crippen molar-refractivity contribution in [1.82, 2.24) is 0 Å². The average molecular weight is 175 g/mol. The number of hydrogen-bond donors (Lipinski definition) is 2. The van der Waals surface area contributed by atoms with Crippen molar-refractivity contribution in [3.63, 3.8) is 0 Å². The first kappa shape index (κ1) is 9.92. The van der Waals surface area contributed by atoms with E-state index in [1.807, 2.05) is 0 Å². The molecule has 4 heteroatoms. The standard InChI is InChI=1S/C8H17NO3/c1-11-5-6-2-3-7(10)8(4-9)12-6/h6-8,10H,2-5,9H2,1H3/t6-,7-,8?/m0/s1. The molecule has 72 valence electrons. The van der Waals surface area contributed by atoms with E-state index in [0.717, 1.165) is 12.8 Å². The second kappa shape index (κ2) is 4.77. The molecule has 0 spiro atoms. The van der Waals surface area contributed by atoms with Gasteiger partial charge in [-0.15, -0.1) is 0 Å². The Kier molecular flexibility index (Phi) is 3.94. The fourth-order valence-corrected chi connectivity index (χ4v) is 1.47. The highest BCUT2D eigenvalue weighted by Gasteiger charge is 2.28. The van der Waals surface area contributed by atoms with Crippen molar-refractivity contribution in [1.29, 1.82) is 0 Å². The molecule has 0 aliphatic carbocycles. The number of methoxy groups -OCH3 is 1. The lowest BCUT2D eigenvalue weighted by Gasteiger charge is -2.32. The van der Waals surface area contributed by atoms with Crippen LogP contribution in [0, 0.1) is 0 Å². The molecule has 1 rings (SSSR count). The van der Waals surface area contributed by atoms with E-state index in [9.17, 15) is 5.11 Å². The SMILES string of the molecule is COC[C@@H]1CC[C@H](O)C(CN)O1. The van der Waals surface area contributed by atoms with E-state index >= 15 is 0 Å². The maximum Gasteiger partial charge on any atom is 0.0960 e. The summed E-state index contributed by atoms with van der Waals surface area (Å²) in [5, 5.41) is 9.41. The van der Waals surface area contributed by atoms with Crippen LogP contribution in [-0.2, 0) is 9.47 Å². The van der Waals surface area contributed by atoms with Gasteiger partial charge in [0.25, 0.3) is 0 Å². The van der Waals surface area contributed by atoms with Gasteiger partial charge in [0.15, 0.2) is 0 Å². The molecule has 0 aromatic heterocycles. The van der Waals surface area contributed by atoms with Gasteiger partial charge in [0.2, 0.25) is 0 Å². The minimum Gasteiger partial charge on any atom is -0.390 e. The summed E-state index contributed by atoms with van der Waals surface area (Å²) < 4.78 is 10.5. The smallest absolute Gasteiger partial charge is 0.0960 e. The molecule has 0 bridgehead atoms. The maximum absolute atomic E-state index is 9.41. The first-order valence-electron chi connectivity index (χ1n) is 4.30. The fraction of sp³-hybridized carbons (Fsp3) is 1.00. The number of ether oxygens (including phenoxy) is 2. The summed E-state index contributed by atoms with van der Waals surface area (Å²) in [7, 11) is 1.64. The Balaban J connectivity index is 2.33. The number of hydrogen-bond acceptors (Lipinski definition) is 4. The summed E-state index contributed by atoms with van der Waals surface area (Å²) >= 11 is 0. The zero-order chi connectivity index (χ0) is 8.97. The molecular weight excluding hydrogens is 158 g/mol. The van der Waals surface area contributed by atoms with Crippen LogP contribution in [0.3, 0.4) is 0 Å². The third-order valence-electron chi connectivity index (χ3n) is 2.17. The van der Waals surface area contributed by atoms with Gasteiger partial charge in [-0.05, 0) is 12.8 Å².